The van der Waals surface area contributed by atoms with Gasteiger partial charge in [-0.25, -0.2) is 10.8 Å². The molecule has 4 heteroatoms. The molecule has 0 aliphatic carbocycles. The van der Waals surface area contributed by atoms with Crippen molar-refractivity contribution in [1.82, 2.24) is 5.43 Å². The predicted octanol–water partition coefficient (Wildman–Crippen LogP) is 1.30. The molecule has 0 radical (unpaired) electrons. The fourth-order valence-corrected chi connectivity index (χ4v) is 1.53. The minimum absolute atomic E-state index is 0.387. The van der Waals surface area contributed by atoms with E-state index in [1.54, 1.807) is 0 Å². The molecule has 78 valence electrons. The molecule has 0 unspecified atom stereocenters. The fraction of sp³-hybridized carbons (Fsp3) is 0.182. The lowest BCUT2D eigenvalue weighted by Gasteiger charge is -2.18. The maximum Gasteiger partial charge on any atom is 0.154 e. The lowest BCUT2D eigenvalue weighted by atomic mass is 10.1. The molecule has 0 amide bonds. The van der Waals surface area contributed by atoms with Crippen LogP contribution in [-0.2, 0) is 6.42 Å². The summed E-state index contributed by atoms with van der Waals surface area (Å²) in [6, 6.07) is 5.86. The third-order valence-electron chi connectivity index (χ3n) is 2.22. The van der Waals surface area contributed by atoms with E-state index in [4.69, 9.17) is 10.6 Å². The maximum atomic E-state index is 5.59. The predicted molar refractivity (Wildman–Crippen MR) is 60.3 cm³/mol. The molecule has 0 atom stereocenters. The molecule has 0 aromatic heterocycles. The van der Waals surface area contributed by atoms with Crippen LogP contribution in [0.5, 0.6) is 5.75 Å². The number of nitrogens with one attached hydrogen (secondary N) is 1. The number of fused-ring (bicyclic) bond motifs is 1. The summed E-state index contributed by atoms with van der Waals surface area (Å²) in [4.78, 5) is 4.33. The van der Waals surface area contributed by atoms with E-state index in [0.717, 1.165) is 23.4 Å². The Bertz CT molecular complexity index is 412. The molecule has 15 heavy (non-hydrogen) atoms. The summed E-state index contributed by atoms with van der Waals surface area (Å²) >= 11 is 0. The summed E-state index contributed by atoms with van der Waals surface area (Å²) < 4.78 is 5.59. The Morgan fingerprint density at radius 3 is 3.20 bits per heavy atom. The third kappa shape index (κ3) is 1.85. The van der Waals surface area contributed by atoms with Gasteiger partial charge in [-0.3, -0.25) is 0 Å². The normalized spacial score (nSPS) is 13.5. The quantitative estimate of drug-likeness (QED) is 0.432. The summed E-state index contributed by atoms with van der Waals surface area (Å²) in [5.41, 5.74) is 4.41. The highest BCUT2D eigenvalue weighted by Gasteiger charge is 2.14. The number of hydrogen-bond donors (Lipinski definition) is 2. The van der Waals surface area contributed by atoms with Gasteiger partial charge < -0.3 is 10.2 Å². The van der Waals surface area contributed by atoms with Crippen molar-refractivity contribution in [3.05, 3.63) is 36.4 Å². The van der Waals surface area contributed by atoms with Crippen molar-refractivity contribution in [2.75, 3.05) is 6.61 Å². The first-order chi connectivity index (χ1) is 7.35. The van der Waals surface area contributed by atoms with Gasteiger partial charge >= 0.3 is 0 Å². The molecule has 1 aliphatic rings. The Kier molecular flexibility index (Phi) is 2.69. The Hall–Kier alpha value is -1.81. The Balaban J connectivity index is 2.41. The minimum atomic E-state index is 0.387. The molecule has 1 aliphatic heterocycles. The van der Waals surface area contributed by atoms with E-state index < -0.39 is 0 Å². The average molecular weight is 203 g/mol. The van der Waals surface area contributed by atoms with Crippen molar-refractivity contribution in [3.63, 3.8) is 0 Å². The number of allylic oxidation sites excluding steroid dienone is 1. The highest BCUT2D eigenvalue weighted by molar-refractivity contribution is 5.88. The Labute approximate surface area is 88.4 Å². The second-order valence-corrected chi connectivity index (χ2v) is 3.25. The number of para-hydroxylation sites is 1. The second-order valence-electron chi connectivity index (χ2n) is 3.25. The number of aliphatic imine (C=N–C) groups is 1. The second kappa shape index (κ2) is 4.14. The minimum Gasteiger partial charge on any atom is -0.483 e. The van der Waals surface area contributed by atoms with Gasteiger partial charge in [0.1, 0.15) is 18.0 Å². The molecule has 0 bridgehead atoms. The fourth-order valence-electron chi connectivity index (χ4n) is 1.53. The third-order valence-corrected chi connectivity index (χ3v) is 2.22. The average Bonchev–Trinajstić information content (AvgIpc) is 2.29. The van der Waals surface area contributed by atoms with E-state index in [2.05, 4.69) is 17.0 Å². The van der Waals surface area contributed by atoms with Gasteiger partial charge in [0.25, 0.3) is 0 Å². The first-order valence-electron chi connectivity index (χ1n) is 4.75. The Morgan fingerprint density at radius 1 is 1.60 bits per heavy atom. The van der Waals surface area contributed by atoms with E-state index in [0.29, 0.717) is 12.4 Å². The topological polar surface area (TPSA) is 59.6 Å². The summed E-state index contributed by atoms with van der Waals surface area (Å²) in [5, 5.41) is 0. The number of ether oxygens (including phenoxy) is 1. The van der Waals surface area contributed by atoms with E-state index in [9.17, 15) is 0 Å². The summed E-state index contributed by atoms with van der Waals surface area (Å²) in [6.45, 7) is 4.10. The Morgan fingerprint density at radius 2 is 2.47 bits per heavy atom. The van der Waals surface area contributed by atoms with E-state index in [-0.39, 0.29) is 0 Å². The first kappa shape index (κ1) is 9.73. The molecule has 0 saturated carbocycles. The molecule has 0 spiro atoms. The van der Waals surface area contributed by atoms with Crippen LogP contribution in [0.25, 0.3) is 0 Å². The van der Waals surface area contributed by atoms with Crippen LogP contribution < -0.4 is 16.0 Å². The van der Waals surface area contributed by atoms with Crippen molar-refractivity contribution in [2.45, 2.75) is 6.42 Å². The number of amidine groups is 1. The summed E-state index contributed by atoms with van der Waals surface area (Å²) in [5.74, 6) is 6.75. The summed E-state index contributed by atoms with van der Waals surface area (Å²) in [7, 11) is 0. The van der Waals surface area contributed by atoms with Gasteiger partial charge in [-0.15, -0.1) is 6.58 Å². The van der Waals surface area contributed by atoms with Crippen LogP contribution in [0.4, 0.5) is 5.69 Å². The monoisotopic (exact) mass is 203 g/mol. The highest BCUT2D eigenvalue weighted by atomic mass is 16.5. The van der Waals surface area contributed by atoms with Gasteiger partial charge in [-0.2, -0.15) is 0 Å². The zero-order chi connectivity index (χ0) is 10.7. The van der Waals surface area contributed by atoms with Crippen molar-refractivity contribution in [3.8, 4) is 5.75 Å². The number of hydrazine groups is 1. The maximum absolute atomic E-state index is 5.59. The first-order valence-corrected chi connectivity index (χ1v) is 4.75. The van der Waals surface area contributed by atoms with Crippen LogP contribution in [0.2, 0.25) is 0 Å². The highest BCUT2D eigenvalue weighted by Crippen LogP contribution is 2.34. The molecule has 1 heterocycles. The number of benzene rings is 1. The van der Waals surface area contributed by atoms with Crippen molar-refractivity contribution in [1.29, 1.82) is 0 Å². The van der Waals surface area contributed by atoms with Gasteiger partial charge in [-0.05, 0) is 12.5 Å². The SMILES string of the molecule is C=CCc1cccc2c1OCC(NN)=N2. The smallest absolute Gasteiger partial charge is 0.154 e. The van der Waals surface area contributed by atoms with Crippen molar-refractivity contribution < 1.29 is 4.74 Å². The van der Waals surface area contributed by atoms with E-state index in [1.165, 1.54) is 0 Å². The van der Waals surface area contributed by atoms with Crippen molar-refractivity contribution in [2.24, 2.45) is 10.8 Å². The zero-order valence-electron chi connectivity index (χ0n) is 8.36. The van der Waals surface area contributed by atoms with Crippen LogP contribution in [-0.4, -0.2) is 12.4 Å². The van der Waals surface area contributed by atoms with Crippen LogP contribution in [0, 0.1) is 0 Å². The molecule has 4 nitrogen and oxygen atoms in total. The molecule has 0 fully saturated rings. The molecule has 1 aromatic rings. The lowest BCUT2D eigenvalue weighted by Crippen LogP contribution is -2.36. The van der Waals surface area contributed by atoms with E-state index >= 15 is 0 Å². The number of hydrogen-bond acceptors (Lipinski definition) is 4. The molecule has 1 aromatic carbocycles. The standard InChI is InChI=1S/C11H13N3O/c1-2-4-8-5-3-6-9-11(8)15-7-10(13-9)14-12/h2-3,5-6H,1,4,7,12H2,(H,13,14). The van der Waals surface area contributed by atoms with Crippen LogP contribution in [0.15, 0.2) is 35.8 Å². The van der Waals surface area contributed by atoms with Gasteiger partial charge in [0.2, 0.25) is 0 Å². The van der Waals surface area contributed by atoms with Crippen LogP contribution in [0.1, 0.15) is 5.56 Å². The molecule has 0 saturated heterocycles. The van der Waals surface area contributed by atoms with Crippen LogP contribution in [0.3, 0.4) is 0 Å². The number of nitrogens with two attached hydrogens (primary N) is 1. The van der Waals surface area contributed by atoms with Gasteiger partial charge in [0.05, 0.1) is 0 Å². The van der Waals surface area contributed by atoms with Gasteiger partial charge in [-0.1, -0.05) is 18.2 Å². The zero-order valence-corrected chi connectivity index (χ0v) is 8.36. The largest absolute Gasteiger partial charge is 0.483 e. The van der Waals surface area contributed by atoms with Crippen LogP contribution >= 0.6 is 0 Å². The van der Waals surface area contributed by atoms with Gasteiger partial charge in [0.15, 0.2) is 5.84 Å². The molecule has 3 N–H and O–H groups in total. The van der Waals surface area contributed by atoms with Gasteiger partial charge in [0, 0.05) is 5.56 Å². The lowest BCUT2D eigenvalue weighted by molar-refractivity contribution is 0.364. The summed E-state index contributed by atoms with van der Waals surface area (Å²) in [6.07, 6.45) is 2.63. The van der Waals surface area contributed by atoms with E-state index in [1.807, 2.05) is 24.3 Å². The molecule has 2 rings (SSSR count). The number of rotatable bonds is 2. The van der Waals surface area contributed by atoms with Crippen molar-refractivity contribution >= 4 is 11.5 Å². The molecular weight excluding hydrogens is 190 g/mol. The molecular formula is C11H13N3O. The number of nitrogens with zero attached hydrogens (tertiary/aromatic N) is 1.